The van der Waals surface area contributed by atoms with E-state index in [1.807, 2.05) is 11.7 Å². The van der Waals surface area contributed by atoms with Gasteiger partial charge in [0, 0.05) is 13.2 Å². The molecule has 1 aliphatic carbocycles. The van der Waals surface area contributed by atoms with Gasteiger partial charge in [0.1, 0.15) is 0 Å². The number of hydrogen-bond acceptors (Lipinski definition) is 2. The monoisotopic (exact) mass is 179 g/mol. The molecule has 0 bridgehead atoms. The topological polar surface area (TPSA) is 43.8 Å². The zero-order valence-electron chi connectivity index (χ0n) is 8.16. The Bertz CT molecular complexity index is 286. The van der Waals surface area contributed by atoms with E-state index in [0.717, 1.165) is 25.3 Å². The molecular weight excluding hydrogens is 162 g/mol. The van der Waals surface area contributed by atoms with E-state index >= 15 is 0 Å². The first-order chi connectivity index (χ1) is 6.31. The number of aryl methyl sites for hydroxylation is 2. The van der Waals surface area contributed by atoms with Crippen molar-refractivity contribution in [2.24, 2.45) is 12.8 Å². The van der Waals surface area contributed by atoms with Gasteiger partial charge in [-0.3, -0.25) is 4.68 Å². The minimum atomic E-state index is 0.765. The van der Waals surface area contributed by atoms with Crippen LogP contribution in [0.3, 0.4) is 0 Å². The lowest BCUT2D eigenvalue weighted by Gasteiger charge is -1.97. The Kier molecular flexibility index (Phi) is 2.36. The molecule has 0 radical (unpaired) electrons. The second-order valence-electron chi connectivity index (χ2n) is 3.87. The van der Waals surface area contributed by atoms with Crippen LogP contribution in [0, 0.1) is 0 Å². The summed E-state index contributed by atoms with van der Waals surface area (Å²) in [6.45, 7) is 0.765. The summed E-state index contributed by atoms with van der Waals surface area (Å²) in [4.78, 5) is 0. The van der Waals surface area contributed by atoms with Gasteiger partial charge >= 0.3 is 0 Å². The highest BCUT2D eigenvalue weighted by Gasteiger charge is 2.27. The first-order valence-corrected chi connectivity index (χ1v) is 5.03. The van der Waals surface area contributed by atoms with Crippen LogP contribution in [0.1, 0.15) is 36.4 Å². The molecule has 0 aromatic carbocycles. The molecule has 72 valence electrons. The average Bonchev–Trinajstić information content (AvgIpc) is 2.88. The summed E-state index contributed by atoms with van der Waals surface area (Å²) in [5.74, 6) is 0.807. The molecule has 1 aromatic heterocycles. The van der Waals surface area contributed by atoms with Crippen LogP contribution in [0.4, 0.5) is 0 Å². The number of nitrogens with two attached hydrogens (primary N) is 1. The van der Waals surface area contributed by atoms with E-state index in [9.17, 15) is 0 Å². The Morgan fingerprint density at radius 3 is 3.00 bits per heavy atom. The lowest BCUT2D eigenvalue weighted by molar-refractivity contribution is 0.722. The lowest BCUT2D eigenvalue weighted by Crippen LogP contribution is -2.02. The largest absolute Gasteiger partial charge is 0.330 e. The van der Waals surface area contributed by atoms with Gasteiger partial charge < -0.3 is 5.73 Å². The summed E-state index contributed by atoms with van der Waals surface area (Å²) >= 11 is 0. The molecular formula is C10H17N3. The Labute approximate surface area is 78.9 Å². The van der Waals surface area contributed by atoms with Gasteiger partial charge in [-0.25, -0.2) is 0 Å². The van der Waals surface area contributed by atoms with E-state index in [2.05, 4.69) is 11.3 Å². The minimum absolute atomic E-state index is 0.765. The van der Waals surface area contributed by atoms with Crippen LogP contribution in [0.25, 0.3) is 0 Å². The van der Waals surface area contributed by atoms with E-state index in [1.54, 1.807) is 0 Å². The number of aromatic nitrogens is 2. The fraction of sp³-hybridized carbons (Fsp3) is 0.700. The second-order valence-corrected chi connectivity index (χ2v) is 3.87. The van der Waals surface area contributed by atoms with Crippen molar-refractivity contribution in [1.82, 2.24) is 9.78 Å². The van der Waals surface area contributed by atoms with Gasteiger partial charge in [-0.05, 0) is 43.7 Å². The molecule has 0 aliphatic heterocycles. The summed E-state index contributed by atoms with van der Waals surface area (Å²) in [6.07, 6.45) is 6.96. The third-order valence-electron chi connectivity index (χ3n) is 2.57. The van der Waals surface area contributed by atoms with Gasteiger partial charge in [-0.2, -0.15) is 5.10 Å². The minimum Gasteiger partial charge on any atom is -0.330 e. The Balaban J connectivity index is 2.11. The summed E-state index contributed by atoms with van der Waals surface area (Å²) < 4.78 is 1.93. The SMILES string of the molecule is Cn1cc(C2CC2)c(CCCN)n1. The molecule has 3 nitrogen and oxygen atoms in total. The van der Waals surface area contributed by atoms with E-state index < -0.39 is 0 Å². The number of nitrogens with zero attached hydrogens (tertiary/aromatic N) is 2. The smallest absolute Gasteiger partial charge is 0.0659 e. The molecule has 0 spiro atoms. The molecule has 0 unspecified atom stereocenters. The molecule has 0 amide bonds. The Hall–Kier alpha value is -0.830. The maximum atomic E-state index is 5.49. The van der Waals surface area contributed by atoms with E-state index in [1.165, 1.54) is 24.1 Å². The van der Waals surface area contributed by atoms with Crippen molar-refractivity contribution >= 4 is 0 Å². The Morgan fingerprint density at radius 1 is 1.62 bits per heavy atom. The zero-order chi connectivity index (χ0) is 9.26. The first-order valence-electron chi connectivity index (χ1n) is 5.03. The number of hydrogen-bond donors (Lipinski definition) is 1. The standard InChI is InChI=1S/C10H17N3/c1-13-7-9(8-4-5-8)10(12-13)3-2-6-11/h7-8H,2-6,11H2,1H3. The predicted octanol–water partition coefficient (Wildman–Crippen LogP) is 1.19. The third kappa shape index (κ3) is 1.91. The van der Waals surface area contributed by atoms with Crippen LogP contribution in [0.2, 0.25) is 0 Å². The average molecular weight is 179 g/mol. The molecule has 1 aliphatic rings. The molecule has 1 aromatic rings. The predicted molar refractivity (Wildman–Crippen MR) is 52.6 cm³/mol. The van der Waals surface area contributed by atoms with Crippen LogP contribution in [-0.2, 0) is 13.5 Å². The fourth-order valence-corrected chi connectivity index (χ4v) is 1.75. The van der Waals surface area contributed by atoms with Crippen molar-refractivity contribution in [2.75, 3.05) is 6.54 Å². The maximum Gasteiger partial charge on any atom is 0.0659 e. The fourth-order valence-electron chi connectivity index (χ4n) is 1.75. The summed E-state index contributed by atoms with van der Waals surface area (Å²) in [5, 5.41) is 4.47. The van der Waals surface area contributed by atoms with Crippen molar-refractivity contribution in [3.8, 4) is 0 Å². The second kappa shape index (κ2) is 3.50. The molecule has 1 heterocycles. The van der Waals surface area contributed by atoms with Gasteiger partial charge in [0.05, 0.1) is 5.69 Å². The van der Waals surface area contributed by atoms with Crippen LogP contribution >= 0.6 is 0 Å². The van der Waals surface area contributed by atoms with Crippen LogP contribution < -0.4 is 5.73 Å². The summed E-state index contributed by atoms with van der Waals surface area (Å²) in [7, 11) is 2.00. The van der Waals surface area contributed by atoms with Crippen LogP contribution in [0.15, 0.2) is 6.20 Å². The van der Waals surface area contributed by atoms with Gasteiger partial charge in [0.2, 0.25) is 0 Å². The Morgan fingerprint density at radius 2 is 2.38 bits per heavy atom. The third-order valence-corrected chi connectivity index (χ3v) is 2.57. The van der Waals surface area contributed by atoms with Crippen molar-refractivity contribution in [3.63, 3.8) is 0 Å². The lowest BCUT2D eigenvalue weighted by atomic mass is 10.1. The molecule has 13 heavy (non-hydrogen) atoms. The van der Waals surface area contributed by atoms with E-state index in [-0.39, 0.29) is 0 Å². The highest BCUT2D eigenvalue weighted by molar-refractivity contribution is 5.26. The number of rotatable bonds is 4. The molecule has 2 rings (SSSR count). The maximum absolute atomic E-state index is 5.49. The van der Waals surface area contributed by atoms with Crippen LogP contribution in [0.5, 0.6) is 0 Å². The van der Waals surface area contributed by atoms with Crippen molar-refractivity contribution < 1.29 is 0 Å². The van der Waals surface area contributed by atoms with Crippen molar-refractivity contribution in [1.29, 1.82) is 0 Å². The quantitative estimate of drug-likeness (QED) is 0.754. The van der Waals surface area contributed by atoms with Gasteiger partial charge in [0.25, 0.3) is 0 Å². The molecule has 2 N–H and O–H groups in total. The van der Waals surface area contributed by atoms with Crippen molar-refractivity contribution in [3.05, 3.63) is 17.5 Å². The molecule has 0 saturated heterocycles. The van der Waals surface area contributed by atoms with E-state index in [4.69, 9.17) is 5.73 Å². The summed E-state index contributed by atoms with van der Waals surface area (Å²) in [6, 6.07) is 0. The summed E-state index contributed by atoms with van der Waals surface area (Å²) in [5.41, 5.74) is 8.23. The van der Waals surface area contributed by atoms with Crippen molar-refractivity contribution in [2.45, 2.75) is 31.6 Å². The van der Waals surface area contributed by atoms with E-state index in [0.29, 0.717) is 0 Å². The van der Waals surface area contributed by atoms with Gasteiger partial charge in [-0.15, -0.1) is 0 Å². The highest BCUT2D eigenvalue weighted by atomic mass is 15.3. The van der Waals surface area contributed by atoms with Gasteiger partial charge in [0.15, 0.2) is 0 Å². The zero-order valence-corrected chi connectivity index (χ0v) is 8.16. The molecule has 1 saturated carbocycles. The molecule has 0 atom stereocenters. The highest BCUT2D eigenvalue weighted by Crippen LogP contribution is 2.41. The molecule has 3 heteroatoms. The van der Waals surface area contributed by atoms with Gasteiger partial charge in [-0.1, -0.05) is 0 Å². The normalized spacial score (nSPS) is 16.5. The van der Waals surface area contributed by atoms with Crippen LogP contribution in [-0.4, -0.2) is 16.3 Å². The molecule has 1 fully saturated rings. The first kappa shape index (κ1) is 8.75.